The number of alkyl carbamates (subject to hydrolysis) is 1. The van der Waals surface area contributed by atoms with Crippen molar-refractivity contribution in [2.24, 2.45) is 5.92 Å². The third kappa shape index (κ3) is 4.93. The zero-order valence-electron chi connectivity index (χ0n) is 15.4. The Kier molecular flexibility index (Phi) is 6.70. The molecule has 0 spiro atoms. The molecule has 0 saturated carbocycles. The highest BCUT2D eigenvalue weighted by atomic mass is 16.5. The number of carbonyl (C=O) groups is 4. The molecule has 2 rings (SSSR count). The van der Waals surface area contributed by atoms with Crippen LogP contribution in [0.15, 0.2) is 30.9 Å². The zero-order chi connectivity index (χ0) is 20.0. The van der Waals surface area contributed by atoms with E-state index < -0.39 is 12.0 Å². The molecule has 0 aromatic heterocycles. The number of nitrogens with one attached hydrogen (secondary N) is 2. The fourth-order valence-corrected chi connectivity index (χ4v) is 2.59. The quantitative estimate of drug-likeness (QED) is 0.409. The van der Waals surface area contributed by atoms with Gasteiger partial charge < -0.3 is 15.4 Å². The first-order valence-electron chi connectivity index (χ1n) is 8.65. The first kappa shape index (κ1) is 20.2. The Morgan fingerprint density at radius 1 is 1.15 bits per heavy atom. The van der Waals surface area contributed by atoms with Crippen molar-refractivity contribution in [1.82, 2.24) is 15.5 Å². The van der Waals surface area contributed by atoms with E-state index in [4.69, 9.17) is 4.74 Å². The van der Waals surface area contributed by atoms with Crippen molar-refractivity contribution in [3.8, 4) is 0 Å². The number of ether oxygens (including phenoxy) is 1. The highest BCUT2D eigenvalue weighted by molar-refractivity contribution is 6.22. The maximum atomic E-state index is 12.4. The molecule has 0 fully saturated rings. The van der Waals surface area contributed by atoms with Crippen LogP contribution < -0.4 is 10.6 Å². The summed E-state index contributed by atoms with van der Waals surface area (Å²) in [5, 5.41) is 5.11. The van der Waals surface area contributed by atoms with Gasteiger partial charge in [-0.1, -0.05) is 26.5 Å². The molecule has 0 aliphatic carbocycles. The average Bonchev–Trinajstić information content (AvgIpc) is 2.87. The van der Waals surface area contributed by atoms with Gasteiger partial charge in [-0.25, -0.2) is 4.79 Å². The molecule has 2 N–H and O–H groups in total. The van der Waals surface area contributed by atoms with E-state index in [1.165, 1.54) is 29.2 Å². The largest absolute Gasteiger partial charge is 0.445 e. The van der Waals surface area contributed by atoms with Gasteiger partial charge in [0, 0.05) is 25.2 Å². The molecule has 1 aromatic rings. The molecule has 0 bridgehead atoms. The summed E-state index contributed by atoms with van der Waals surface area (Å²) < 4.78 is 4.74. The van der Waals surface area contributed by atoms with Gasteiger partial charge in [0.15, 0.2) is 0 Å². The van der Waals surface area contributed by atoms with Gasteiger partial charge in [-0.05, 0) is 24.1 Å². The lowest BCUT2D eigenvalue weighted by molar-refractivity contribution is 0.0636. The van der Waals surface area contributed by atoms with Crippen LogP contribution in [0.5, 0.6) is 0 Å². The Morgan fingerprint density at radius 3 is 2.48 bits per heavy atom. The van der Waals surface area contributed by atoms with Crippen LogP contribution in [0.2, 0.25) is 0 Å². The summed E-state index contributed by atoms with van der Waals surface area (Å²) in [4.78, 5) is 49.4. The molecule has 1 aliphatic rings. The molecular formula is C19H23N3O5. The lowest BCUT2D eigenvalue weighted by Crippen LogP contribution is -2.35. The lowest BCUT2D eigenvalue weighted by atomic mass is 10.1. The number of fused-ring (bicyclic) bond motifs is 1. The van der Waals surface area contributed by atoms with E-state index in [9.17, 15) is 19.2 Å². The molecule has 4 amide bonds. The van der Waals surface area contributed by atoms with E-state index >= 15 is 0 Å². The second kappa shape index (κ2) is 8.98. The summed E-state index contributed by atoms with van der Waals surface area (Å²) in [5.41, 5.74) is 0.818. The second-order valence-corrected chi connectivity index (χ2v) is 6.44. The fourth-order valence-electron chi connectivity index (χ4n) is 2.59. The number of rotatable bonds is 8. The molecule has 8 heteroatoms. The van der Waals surface area contributed by atoms with E-state index in [-0.39, 0.29) is 48.6 Å². The predicted octanol–water partition coefficient (Wildman–Crippen LogP) is 1.58. The third-order valence-electron chi connectivity index (χ3n) is 3.79. The Labute approximate surface area is 157 Å². The minimum Gasteiger partial charge on any atom is -0.445 e. The van der Waals surface area contributed by atoms with Crippen molar-refractivity contribution < 1.29 is 23.9 Å². The number of hydrogen-bond donors (Lipinski definition) is 2. The average molecular weight is 373 g/mol. The number of imide groups is 1. The van der Waals surface area contributed by atoms with E-state index in [2.05, 4.69) is 17.2 Å². The lowest BCUT2D eigenvalue weighted by Gasteiger charge is -2.15. The van der Waals surface area contributed by atoms with Crippen molar-refractivity contribution in [2.45, 2.75) is 13.8 Å². The third-order valence-corrected chi connectivity index (χ3v) is 3.79. The number of carbonyl (C=O) groups excluding carboxylic acids is 4. The molecule has 1 aromatic carbocycles. The van der Waals surface area contributed by atoms with Crippen LogP contribution in [0.25, 0.3) is 0 Å². The summed E-state index contributed by atoms with van der Waals surface area (Å²) in [7, 11) is 0. The van der Waals surface area contributed by atoms with Crippen LogP contribution in [0.3, 0.4) is 0 Å². The van der Waals surface area contributed by atoms with Crippen molar-refractivity contribution in [3.05, 3.63) is 47.5 Å². The number of hydrogen-bond acceptors (Lipinski definition) is 5. The Hall–Kier alpha value is -3.16. The molecule has 144 valence electrons. The number of benzene rings is 1. The van der Waals surface area contributed by atoms with Crippen LogP contribution in [-0.2, 0) is 4.74 Å². The predicted molar refractivity (Wildman–Crippen MR) is 98.5 cm³/mol. The van der Waals surface area contributed by atoms with E-state index in [0.29, 0.717) is 12.1 Å². The van der Waals surface area contributed by atoms with Gasteiger partial charge in [0.2, 0.25) is 0 Å². The molecule has 1 heterocycles. The van der Waals surface area contributed by atoms with Crippen molar-refractivity contribution in [2.75, 3.05) is 26.2 Å². The Morgan fingerprint density at radius 2 is 1.81 bits per heavy atom. The van der Waals surface area contributed by atoms with Crippen LogP contribution >= 0.6 is 0 Å². The monoisotopic (exact) mass is 373 g/mol. The second-order valence-electron chi connectivity index (χ2n) is 6.44. The van der Waals surface area contributed by atoms with E-state index in [1.807, 2.05) is 13.8 Å². The van der Waals surface area contributed by atoms with Crippen molar-refractivity contribution in [1.29, 1.82) is 0 Å². The van der Waals surface area contributed by atoms with Gasteiger partial charge in [0.1, 0.15) is 6.61 Å². The smallest absolute Gasteiger partial charge is 0.407 e. The molecule has 0 unspecified atom stereocenters. The molecule has 1 aliphatic heterocycles. The standard InChI is InChI=1S/C19H23N3O5/c1-4-9-27-19(26)21-8-7-20-16(23)13-5-6-14-15(10-13)18(25)22(17(14)24)11-12(2)3/h4-6,10,12H,1,7-9,11H2,2-3H3,(H,20,23)(H,21,26). The van der Waals surface area contributed by atoms with Gasteiger partial charge in [0.05, 0.1) is 11.1 Å². The minimum atomic E-state index is -0.601. The van der Waals surface area contributed by atoms with Gasteiger partial charge in [-0.2, -0.15) is 0 Å². The molecule has 0 radical (unpaired) electrons. The summed E-state index contributed by atoms with van der Waals surface area (Å²) in [6.07, 6.45) is 0.847. The summed E-state index contributed by atoms with van der Waals surface area (Å²) in [6, 6.07) is 4.43. The van der Waals surface area contributed by atoms with E-state index in [1.54, 1.807) is 0 Å². The van der Waals surface area contributed by atoms with Crippen LogP contribution in [0.1, 0.15) is 44.9 Å². The van der Waals surface area contributed by atoms with Gasteiger partial charge in [0.25, 0.3) is 17.7 Å². The fraction of sp³-hybridized carbons (Fsp3) is 0.368. The minimum absolute atomic E-state index is 0.105. The summed E-state index contributed by atoms with van der Waals surface area (Å²) in [6.45, 7) is 8.08. The van der Waals surface area contributed by atoms with Crippen LogP contribution in [0, 0.1) is 5.92 Å². The highest BCUT2D eigenvalue weighted by Crippen LogP contribution is 2.24. The summed E-state index contributed by atoms with van der Waals surface area (Å²) in [5.74, 6) is -0.967. The van der Waals surface area contributed by atoms with Gasteiger partial charge >= 0.3 is 6.09 Å². The molecule has 27 heavy (non-hydrogen) atoms. The normalized spacial score (nSPS) is 12.8. The maximum Gasteiger partial charge on any atom is 0.407 e. The molecule has 0 atom stereocenters. The SMILES string of the molecule is C=CCOC(=O)NCCNC(=O)c1ccc2c(c1)C(=O)N(CC(C)C)C2=O. The van der Waals surface area contributed by atoms with Crippen LogP contribution in [0.4, 0.5) is 4.79 Å². The maximum absolute atomic E-state index is 12.4. The molecule has 0 saturated heterocycles. The molecular weight excluding hydrogens is 350 g/mol. The van der Waals surface area contributed by atoms with Crippen molar-refractivity contribution >= 4 is 23.8 Å². The van der Waals surface area contributed by atoms with Crippen molar-refractivity contribution in [3.63, 3.8) is 0 Å². The first-order valence-corrected chi connectivity index (χ1v) is 8.65. The topological polar surface area (TPSA) is 105 Å². The van der Waals surface area contributed by atoms with Gasteiger partial charge in [-0.15, -0.1) is 0 Å². The zero-order valence-corrected chi connectivity index (χ0v) is 15.4. The number of amides is 4. The first-order chi connectivity index (χ1) is 12.8. The van der Waals surface area contributed by atoms with Gasteiger partial charge in [-0.3, -0.25) is 19.3 Å². The summed E-state index contributed by atoms with van der Waals surface area (Å²) >= 11 is 0. The Balaban J connectivity index is 1.94. The van der Waals surface area contributed by atoms with Crippen LogP contribution in [-0.4, -0.2) is 55.0 Å². The number of nitrogens with zero attached hydrogens (tertiary/aromatic N) is 1. The molecule has 8 nitrogen and oxygen atoms in total. The van der Waals surface area contributed by atoms with E-state index in [0.717, 1.165) is 0 Å². The highest BCUT2D eigenvalue weighted by Gasteiger charge is 2.36. The Bertz CT molecular complexity index is 773.